The Morgan fingerprint density at radius 1 is 1.28 bits per heavy atom. The van der Waals surface area contributed by atoms with Gasteiger partial charge in [0.15, 0.2) is 0 Å². The first-order valence-corrected chi connectivity index (χ1v) is 10.3. The minimum Gasteiger partial charge on any atom is -0.465 e. The first kappa shape index (κ1) is 21.2. The zero-order valence-electron chi connectivity index (χ0n) is 18.2. The lowest BCUT2D eigenvalue weighted by Gasteiger charge is -2.36. The molecular formula is C21H25N9O2. The van der Waals surface area contributed by atoms with E-state index in [1.807, 2.05) is 30.8 Å². The number of nitrogen functional groups attached to an aromatic ring is 1. The number of aromatic nitrogens is 4. The van der Waals surface area contributed by atoms with Crippen molar-refractivity contribution in [3.63, 3.8) is 0 Å². The van der Waals surface area contributed by atoms with Crippen LogP contribution in [0, 0.1) is 18.3 Å². The van der Waals surface area contributed by atoms with Gasteiger partial charge in [0, 0.05) is 39.4 Å². The molecule has 0 radical (unpaired) electrons. The molecule has 1 aliphatic heterocycles. The van der Waals surface area contributed by atoms with Crippen LogP contribution in [0.4, 0.5) is 22.2 Å². The van der Waals surface area contributed by atoms with E-state index >= 15 is 0 Å². The molecule has 1 unspecified atom stereocenters. The van der Waals surface area contributed by atoms with E-state index < -0.39 is 6.09 Å². The Labute approximate surface area is 185 Å². The van der Waals surface area contributed by atoms with E-state index in [-0.39, 0.29) is 12.0 Å². The maximum absolute atomic E-state index is 11.3. The van der Waals surface area contributed by atoms with Gasteiger partial charge >= 0.3 is 6.09 Å². The first-order chi connectivity index (χ1) is 15.3. The number of hydrogen-bond acceptors (Lipinski definition) is 8. The highest BCUT2D eigenvalue weighted by molar-refractivity contribution is 5.81. The molecule has 4 rings (SSSR count). The second kappa shape index (κ2) is 8.22. The Balaban J connectivity index is 1.73. The van der Waals surface area contributed by atoms with Gasteiger partial charge in [-0.15, -0.1) is 0 Å². The van der Waals surface area contributed by atoms with Gasteiger partial charge < -0.3 is 30.5 Å². The lowest BCUT2D eigenvalue weighted by atomic mass is 10.1. The molecule has 1 saturated heterocycles. The van der Waals surface area contributed by atoms with Crippen molar-refractivity contribution in [3.8, 4) is 6.07 Å². The van der Waals surface area contributed by atoms with E-state index in [1.165, 1.54) is 4.90 Å². The predicted molar refractivity (Wildman–Crippen MR) is 120 cm³/mol. The molecule has 3 aromatic rings. The molecule has 0 aliphatic carbocycles. The van der Waals surface area contributed by atoms with Gasteiger partial charge in [0.1, 0.15) is 17.5 Å². The lowest BCUT2D eigenvalue weighted by molar-refractivity contribution is 0.142. The molecule has 3 aromatic heterocycles. The Kier molecular flexibility index (Phi) is 5.44. The Morgan fingerprint density at radius 2 is 2.00 bits per heavy atom. The molecule has 1 fully saturated rings. The minimum absolute atomic E-state index is 0.0905. The number of amides is 1. The molecule has 0 aromatic carbocycles. The van der Waals surface area contributed by atoms with Crippen LogP contribution in [0.2, 0.25) is 0 Å². The van der Waals surface area contributed by atoms with Crippen LogP contribution >= 0.6 is 0 Å². The number of nitrogens with two attached hydrogens (primary N) is 1. The van der Waals surface area contributed by atoms with E-state index in [9.17, 15) is 15.2 Å². The molecule has 32 heavy (non-hydrogen) atoms. The number of anilines is 3. The number of carbonyl (C=O) groups is 1. The molecule has 166 valence electrons. The summed E-state index contributed by atoms with van der Waals surface area (Å²) in [4.78, 5) is 28.1. The number of carboxylic acid groups (broad SMARTS) is 1. The first-order valence-electron chi connectivity index (χ1n) is 10.3. The van der Waals surface area contributed by atoms with Crippen molar-refractivity contribution in [3.05, 3.63) is 35.3 Å². The van der Waals surface area contributed by atoms with Gasteiger partial charge in [-0.25, -0.2) is 14.8 Å². The van der Waals surface area contributed by atoms with Gasteiger partial charge in [-0.2, -0.15) is 10.2 Å². The highest BCUT2D eigenvalue weighted by Gasteiger charge is 2.26. The van der Waals surface area contributed by atoms with Gasteiger partial charge in [-0.3, -0.25) is 0 Å². The van der Waals surface area contributed by atoms with Crippen LogP contribution in [0.25, 0.3) is 11.0 Å². The molecular weight excluding hydrogens is 410 g/mol. The fourth-order valence-electron chi connectivity index (χ4n) is 4.01. The van der Waals surface area contributed by atoms with Gasteiger partial charge in [0.05, 0.1) is 34.2 Å². The second-order valence-corrected chi connectivity index (χ2v) is 7.85. The van der Waals surface area contributed by atoms with Crippen LogP contribution in [-0.2, 0) is 7.05 Å². The summed E-state index contributed by atoms with van der Waals surface area (Å²) in [5, 5.41) is 22.1. The topological polar surface area (TPSA) is 149 Å². The molecule has 0 bridgehead atoms. The summed E-state index contributed by atoms with van der Waals surface area (Å²) in [6.45, 7) is 5.63. The summed E-state index contributed by atoms with van der Waals surface area (Å²) < 4.78 is 2.00. The number of nitrogens with one attached hydrogen (secondary N) is 1. The number of aryl methyl sites for hydroxylation is 2. The third kappa shape index (κ3) is 3.82. The van der Waals surface area contributed by atoms with Crippen molar-refractivity contribution >= 4 is 34.6 Å². The van der Waals surface area contributed by atoms with E-state index in [0.29, 0.717) is 43.3 Å². The monoisotopic (exact) mass is 435 g/mol. The zero-order chi connectivity index (χ0) is 23.0. The molecule has 0 spiro atoms. The zero-order valence-corrected chi connectivity index (χ0v) is 18.2. The highest BCUT2D eigenvalue weighted by Crippen LogP contribution is 2.32. The van der Waals surface area contributed by atoms with Gasteiger partial charge in [-0.05, 0) is 26.0 Å². The van der Waals surface area contributed by atoms with Crippen LogP contribution in [0.1, 0.15) is 29.9 Å². The van der Waals surface area contributed by atoms with Gasteiger partial charge in [0.2, 0.25) is 5.95 Å². The minimum atomic E-state index is -0.906. The van der Waals surface area contributed by atoms with Crippen molar-refractivity contribution in [2.45, 2.75) is 19.9 Å². The molecule has 1 aliphatic rings. The average molecular weight is 435 g/mol. The molecule has 0 saturated carbocycles. The van der Waals surface area contributed by atoms with Gasteiger partial charge in [0.25, 0.3) is 0 Å². The van der Waals surface area contributed by atoms with E-state index in [2.05, 4.69) is 32.3 Å². The number of nitriles is 1. The third-order valence-corrected chi connectivity index (χ3v) is 5.75. The van der Waals surface area contributed by atoms with Gasteiger partial charge in [-0.1, -0.05) is 0 Å². The predicted octanol–water partition coefficient (Wildman–Crippen LogP) is 2.10. The standard InChI is InChI=1S/C21H25N9O2/c1-12-14(11-22)19(27-20(23)25-12)24-13(2)18-17(10-16-15(26-18)4-5-28(16)3)29-6-8-30(9-7-29)21(31)32/h4-5,10,13H,6-9H2,1-3H3,(H,31,32)(H3,23,24,25,27). The van der Waals surface area contributed by atoms with Crippen LogP contribution < -0.4 is 16.0 Å². The second-order valence-electron chi connectivity index (χ2n) is 7.85. The Morgan fingerprint density at radius 3 is 2.66 bits per heavy atom. The molecule has 11 nitrogen and oxygen atoms in total. The molecule has 1 amide bonds. The summed E-state index contributed by atoms with van der Waals surface area (Å²) in [7, 11) is 1.96. The SMILES string of the molecule is Cc1nc(N)nc(NC(C)c2nc3ccn(C)c3cc2N2CCN(C(=O)O)CC2)c1C#N. The number of fused-ring (bicyclic) bond motifs is 1. The summed E-state index contributed by atoms with van der Waals surface area (Å²) in [5.41, 5.74) is 10.2. The Hall–Kier alpha value is -4.07. The lowest BCUT2D eigenvalue weighted by Crippen LogP contribution is -2.48. The molecule has 4 N–H and O–H groups in total. The Bertz CT molecular complexity index is 1220. The fraction of sp³-hybridized carbons (Fsp3) is 0.381. The number of hydrogen-bond donors (Lipinski definition) is 3. The van der Waals surface area contributed by atoms with Crippen LogP contribution in [0.15, 0.2) is 18.3 Å². The molecule has 11 heteroatoms. The number of nitrogens with zero attached hydrogens (tertiary/aromatic N) is 7. The largest absolute Gasteiger partial charge is 0.465 e. The van der Waals surface area contributed by atoms with Crippen LogP contribution in [-0.4, -0.2) is 61.8 Å². The van der Waals surface area contributed by atoms with Crippen LogP contribution in [0.5, 0.6) is 0 Å². The molecule has 4 heterocycles. The normalized spacial score (nSPS) is 14.9. The van der Waals surface area contributed by atoms with Crippen molar-refractivity contribution in [1.82, 2.24) is 24.4 Å². The quantitative estimate of drug-likeness (QED) is 0.560. The van der Waals surface area contributed by atoms with E-state index in [4.69, 9.17) is 10.7 Å². The van der Waals surface area contributed by atoms with Crippen LogP contribution in [0.3, 0.4) is 0 Å². The van der Waals surface area contributed by atoms with Crippen molar-refractivity contribution < 1.29 is 9.90 Å². The van der Waals surface area contributed by atoms with E-state index in [1.54, 1.807) is 6.92 Å². The smallest absolute Gasteiger partial charge is 0.407 e. The number of piperazine rings is 1. The number of pyridine rings is 1. The van der Waals surface area contributed by atoms with Crippen molar-refractivity contribution in [2.24, 2.45) is 7.05 Å². The average Bonchev–Trinajstić information content (AvgIpc) is 3.12. The molecule has 1 atom stereocenters. The van der Waals surface area contributed by atoms with Crippen molar-refractivity contribution in [2.75, 3.05) is 42.1 Å². The maximum Gasteiger partial charge on any atom is 0.407 e. The maximum atomic E-state index is 11.3. The van der Waals surface area contributed by atoms with Crippen molar-refractivity contribution in [1.29, 1.82) is 5.26 Å². The summed E-state index contributed by atoms with van der Waals surface area (Å²) in [6.07, 6.45) is 1.05. The third-order valence-electron chi connectivity index (χ3n) is 5.75. The summed E-state index contributed by atoms with van der Waals surface area (Å²) >= 11 is 0. The summed E-state index contributed by atoms with van der Waals surface area (Å²) in [5.74, 6) is 0.453. The summed E-state index contributed by atoms with van der Waals surface area (Å²) in [6, 6.07) is 5.87. The number of rotatable bonds is 4. The highest BCUT2D eigenvalue weighted by atomic mass is 16.4. The van der Waals surface area contributed by atoms with E-state index in [0.717, 1.165) is 22.4 Å². The fourth-order valence-corrected chi connectivity index (χ4v) is 4.01.